The van der Waals surface area contributed by atoms with Gasteiger partial charge in [0.15, 0.2) is 0 Å². The second-order valence-corrected chi connectivity index (χ2v) is 4.44. The number of carboxylic acid groups (broad SMARTS) is 1. The molecular weight excluding hydrogens is 240 g/mol. The summed E-state index contributed by atoms with van der Waals surface area (Å²) in [4.78, 5) is 37.4. The smallest absolute Gasteiger partial charge is 0.342 e. The monoisotopic (exact) mass is 254 g/mol. The van der Waals surface area contributed by atoms with Gasteiger partial charge in [-0.2, -0.15) is 0 Å². The van der Waals surface area contributed by atoms with Crippen LogP contribution >= 0.6 is 0 Å². The number of anilines is 1. The molecule has 18 heavy (non-hydrogen) atoms. The molecule has 98 valence electrons. The van der Waals surface area contributed by atoms with Crippen molar-refractivity contribution in [1.82, 2.24) is 15.2 Å². The molecule has 1 unspecified atom stereocenters. The number of aliphatic carboxylic acids is 1. The van der Waals surface area contributed by atoms with Gasteiger partial charge in [-0.3, -0.25) is 14.6 Å². The van der Waals surface area contributed by atoms with E-state index in [1.165, 1.54) is 0 Å². The van der Waals surface area contributed by atoms with Crippen molar-refractivity contribution in [2.45, 2.75) is 19.8 Å². The van der Waals surface area contributed by atoms with Crippen molar-refractivity contribution in [3.8, 4) is 0 Å². The fourth-order valence-electron chi connectivity index (χ4n) is 2.22. The van der Waals surface area contributed by atoms with Crippen LogP contribution in [0.1, 0.15) is 19.8 Å². The summed E-state index contributed by atoms with van der Waals surface area (Å²) in [7, 11) is 0. The molecule has 1 aliphatic rings. The Morgan fingerprint density at radius 3 is 2.78 bits per heavy atom. The lowest BCUT2D eigenvalue weighted by Crippen LogP contribution is -2.37. The predicted molar refractivity (Wildman–Crippen MR) is 62.7 cm³/mol. The highest BCUT2D eigenvalue weighted by molar-refractivity contribution is 5.76. The molecule has 1 fully saturated rings. The zero-order valence-electron chi connectivity index (χ0n) is 9.89. The molecular formula is C10H14N4O4. The molecule has 2 heterocycles. The predicted octanol–water partition coefficient (Wildman–Crippen LogP) is -0.851. The fraction of sp³-hybridized carbons (Fsp3) is 0.600. The summed E-state index contributed by atoms with van der Waals surface area (Å²) >= 11 is 0. The van der Waals surface area contributed by atoms with Gasteiger partial charge in [-0.15, -0.1) is 5.10 Å². The van der Waals surface area contributed by atoms with E-state index < -0.39 is 22.6 Å². The highest BCUT2D eigenvalue weighted by Gasteiger charge is 2.44. The third-order valence-corrected chi connectivity index (χ3v) is 3.48. The van der Waals surface area contributed by atoms with Crippen LogP contribution in [-0.4, -0.2) is 39.3 Å². The zero-order valence-corrected chi connectivity index (χ0v) is 9.89. The number of hydrogen-bond acceptors (Lipinski definition) is 5. The van der Waals surface area contributed by atoms with Gasteiger partial charge in [0.25, 0.3) is 5.56 Å². The quantitative estimate of drug-likeness (QED) is 0.646. The molecule has 8 heteroatoms. The molecule has 0 aliphatic carbocycles. The van der Waals surface area contributed by atoms with Crippen LogP contribution < -0.4 is 16.1 Å². The maximum absolute atomic E-state index is 11.6. The van der Waals surface area contributed by atoms with Crippen LogP contribution in [-0.2, 0) is 4.79 Å². The number of H-pyrrole nitrogens is 2. The molecule has 1 saturated heterocycles. The van der Waals surface area contributed by atoms with E-state index in [-0.39, 0.29) is 12.4 Å². The van der Waals surface area contributed by atoms with Gasteiger partial charge in [0.05, 0.1) is 5.41 Å². The van der Waals surface area contributed by atoms with E-state index in [0.717, 1.165) is 0 Å². The lowest BCUT2D eigenvalue weighted by molar-refractivity contribution is -0.147. The summed E-state index contributed by atoms with van der Waals surface area (Å²) in [5.41, 5.74) is -2.12. The normalized spacial score (nSPS) is 23.3. The number of nitrogens with one attached hydrogen (secondary N) is 2. The van der Waals surface area contributed by atoms with Gasteiger partial charge in [0.1, 0.15) is 0 Å². The number of carbonyl (C=O) groups is 1. The van der Waals surface area contributed by atoms with Gasteiger partial charge in [0, 0.05) is 13.1 Å². The van der Waals surface area contributed by atoms with Crippen molar-refractivity contribution in [3.63, 3.8) is 0 Å². The first-order chi connectivity index (χ1) is 8.48. The Balaban J connectivity index is 2.31. The molecule has 1 aliphatic heterocycles. The number of aromatic nitrogens is 3. The Hall–Kier alpha value is -2.12. The summed E-state index contributed by atoms with van der Waals surface area (Å²) in [5.74, 6) is -0.806. The van der Waals surface area contributed by atoms with Crippen molar-refractivity contribution >= 4 is 11.8 Å². The molecule has 0 bridgehead atoms. The zero-order chi connectivity index (χ0) is 13.3. The third-order valence-electron chi connectivity index (χ3n) is 3.48. The van der Waals surface area contributed by atoms with E-state index in [9.17, 15) is 19.5 Å². The summed E-state index contributed by atoms with van der Waals surface area (Å²) < 4.78 is 0. The van der Waals surface area contributed by atoms with Crippen LogP contribution in [0.25, 0.3) is 0 Å². The number of aromatic amines is 2. The fourth-order valence-corrected chi connectivity index (χ4v) is 2.22. The highest BCUT2D eigenvalue weighted by Crippen LogP contribution is 2.34. The Labute approximate surface area is 102 Å². The minimum absolute atomic E-state index is 0.0613. The molecule has 0 aromatic carbocycles. The molecule has 0 saturated carbocycles. The van der Waals surface area contributed by atoms with E-state index in [1.807, 2.05) is 6.92 Å². The van der Waals surface area contributed by atoms with Crippen LogP contribution in [0.15, 0.2) is 9.59 Å². The molecule has 3 N–H and O–H groups in total. The lowest BCUT2D eigenvalue weighted by atomic mass is 9.84. The molecule has 0 radical (unpaired) electrons. The first-order valence-electron chi connectivity index (χ1n) is 5.66. The minimum Gasteiger partial charge on any atom is -0.481 e. The van der Waals surface area contributed by atoms with E-state index in [1.54, 1.807) is 4.90 Å². The van der Waals surface area contributed by atoms with Gasteiger partial charge < -0.3 is 10.0 Å². The molecule has 1 aromatic heterocycles. The molecule has 2 rings (SSSR count). The maximum atomic E-state index is 11.6. The minimum atomic E-state index is -0.867. The first kappa shape index (κ1) is 12.3. The molecule has 1 aromatic rings. The van der Waals surface area contributed by atoms with Crippen LogP contribution in [0, 0.1) is 5.41 Å². The van der Waals surface area contributed by atoms with Crippen LogP contribution in [0.5, 0.6) is 0 Å². The lowest BCUT2D eigenvalue weighted by Gasteiger charge is -2.22. The van der Waals surface area contributed by atoms with Crippen molar-refractivity contribution in [1.29, 1.82) is 0 Å². The van der Waals surface area contributed by atoms with Gasteiger partial charge in [-0.25, -0.2) is 9.89 Å². The molecule has 0 spiro atoms. The topological polar surface area (TPSA) is 119 Å². The first-order valence-corrected chi connectivity index (χ1v) is 5.66. The second kappa shape index (κ2) is 4.28. The van der Waals surface area contributed by atoms with Gasteiger partial charge >= 0.3 is 11.7 Å². The van der Waals surface area contributed by atoms with Crippen molar-refractivity contribution in [3.05, 3.63) is 20.8 Å². The standard InChI is InChI=1S/C10H14N4O4/c1-2-10(8(16)17)3-4-14(5-10)6-7(15)11-9(18)13-12-6/h2-5H2,1H3,(H,16,17)(H2,11,13,15,18). The molecule has 8 nitrogen and oxygen atoms in total. The Morgan fingerprint density at radius 1 is 1.56 bits per heavy atom. The Bertz CT molecular complexity index is 578. The SMILES string of the molecule is CCC1(C(=O)O)CCN(c2n[nH]c(=O)[nH]c2=O)C1. The summed E-state index contributed by atoms with van der Waals surface area (Å²) in [6.45, 7) is 2.46. The van der Waals surface area contributed by atoms with Crippen molar-refractivity contribution < 1.29 is 9.90 Å². The second-order valence-electron chi connectivity index (χ2n) is 4.44. The molecule has 1 atom stereocenters. The van der Waals surface area contributed by atoms with Gasteiger partial charge in [-0.05, 0) is 12.8 Å². The highest BCUT2D eigenvalue weighted by atomic mass is 16.4. The van der Waals surface area contributed by atoms with Gasteiger partial charge in [0.2, 0.25) is 5.82 Å². The van der Waals surface area contributed by atoms with E-state index >= 15 is 0 Å². The maximum Gasteiger partial charge on any atom is 0.342 e. The average molecular weight is 254 g/mol. The van der Waals surface area contributed by atoms with E-state index in [0.29, 0.717) is 19.4 Å². The largest absolute Gasteiger partial charge is 0.481 e. The number of nitrogens with zero attached hydrogens (tertiary/aromatic N) is 2. The van der Waals surface area contributed by atoms with Crippen LogP contribution in [0.3, 0.4) is 0 Å². The van der Waals surface area contributed by atoms with Gasteiger partial charge in [-0.1, -0.05) is 6.92 Å². The van der Waals surface area contributed by atoms with Crippen LogP contribution in [0.4, 0.5) is 5.82 Å². The summed E-state index contributed by atoms with van der Waals surface area (Å²) in [5, 5.41) is 15.1. The van der Waals surface area contributed by atoms with Crippen molar-refractivity contribution in [2.24, 2.45) is 5.41 Å². The third kappa shape index (κ3) is 1.89. The van der Waals surface area contributed by atoms with Crippen LogP contribution in [0.2, 0.25) is 0 Å². The summed E-state index contributed by atoms with van der Waals surface area (Å²) in [6, 6.07) is 0. The Kier molecular flexibility index (Phi) is 2.93. The van der Waals surface area contributed by atoms with E-state index in [4.69, 9.17) is 0 Å². The van der Waals surface area contributed by atoms with Crippen molar-refractivity contribution in [2.75, 3.05) is 18.0 Å². The summed E-state index contributed by atoms with van der Waals surface area (Å²) in [6.07, 6.45) is 0.944. The number of hydrogen-bond donors (Lipinski definition) is 3. The molecule has 0 amide bonds. The average Bonchev–Trinajstić information content (AvgIpc) is 2.74. The number of carboxylic acids is 1. The van der Waals surface area contributed by atoms with E-state index in [2.05, 4.69) is 15.2 Å². The Morgan fingerprint density at radius 2 is 2.28 bits per heavy atom. The number of rotatable bonds is 3.